The number of thioether (sulfide) groups is 1. The van der Waals surface area contributed by atoms with E-state index in [1.54, 1.807) is 18.9 Å². The number of thiazole rings is 1. The molecule has 5 rings (SSSR count). The quantitative estimate of drug-likeness (QED) is 0.167. The van der Waals surface area contributed by atoms with Crippen molar-refractivity contribution in [3.05, 3.63) is 76.8 Å². The minimum absolute atomic E-state index is 0.217. The van der Waals surface area contributed by atoms with E-state index in [2.05, 4.69) is 23.1 Å². The van der Waals surface area contributed by atoms with Crippen molar-refractivity contribution in [1.29, 1.82) is 0 Å². The second-order valence-corrected chi connectivity index (χ2v) is 14.8. The summed E-state index contributed by atoms with van der Waals surface area (Å²) in [5.74, 6) is -0.0457. The fourth-order valence-electron chi connectivity index (χ4n) is 4.71. The Kier molecular flexibility index (Phi) is 8.73. The molecule has 0 bridgehead atoms. The van der Waals surface area contributed by atoms with Gasteiger partial charge in [0.1, 0.15) is 10.4 Å². The predicted molar refractivity (Wildman–Crippen MR) is 164 cm³/mol. The van der Waals surface area contributed by atoms with Gasteiger partial charge in [-0.25, -0.2) is 0 Å². The lowest BCUT2D eigenvalue weighted by Crippen LogP contribution is -2.36. The molecular formula is C28H29N2O7S4+. The second-order valence-electron chi connectivity index (χ2n) is 9.49. The third kappa shape index (κ3) is 7.29. The Hall–Kier alpha value is -2.94. The van der Waals surface area contributed by atoms with Gasteiger partial charge >= 0.3 is 0 Å². The summed E-state index contributed by atoms with van der Waals surface area (Å²) in [7, 11) is -6.63. The Morgan fingerprint density at radius 2 is 1.63 bits per heavy atom. The van der Waals surface area contributed by atoms with Crippen molar-refractivity contribution in [2.24, 2.45) is 0 Å². The van der Waals surface area contributed by atoms with Gasteiger partial charge < -0.3 is 9.64 Å². The molecule has 0 aliphatic carbocycles. The van der Waals surface area contributed by atoms with Gasteiger partial charge in [0.15, 0.2) is 6.54 Å². The summed E-state index contributed by atoms with van der Waals surface area (Å²) < 4.78 is 72.8. The zero-order chi connectivity index (χ0) is 29.2. The van der Waals surface area contributed by atoms with Crippen molar-refractivity contribution in [2.75, 3.05) is 30.1 Å². The molecule has 13 heteroatoms. The third-order valence-electron chi connectivity index (χ3n) is 6.59. The molecule has 3 aromatic carbocycles. The molecule has 0 saturated carbocycles. The molecule has 2 heterocycles. The fraction of sp³-hybridized carbons (Fsp3) is 0.250. The van der Waals surface area contributed by atoms with Gasteiger partial charge in [0.25, 0.3) is 25.2 Å². The van der Waals surface area contributed by atoms with E-state index in [1.807, 2.05) is 59.2 Å². The third-order valence-corrected chi connectivity index (χ3v) is 10.4. The van der Waals surface area contributed by atoms with E-state index >= 15 is 0 Å². The first-order valence-corrected chi connectivity index (χ1v) is 17.6. The Balaban J connectivity index is 1.56. The van der Waals surface area contributed by atoms with E-state index < -0.39 is 20.2 Å². The topological polar surface area (TPSA) is 125 Å². The molecule has 1 aliphatic heterocycles. The summed E-state index contributed by atoms with van der Waals surface area (Å²) in [6, 6.07) is 21.9. The first-order chi connectivity index (χ1) is 19.5. The lowest BCUT2D eigenvalue weighted by molar-refractivity contribution is -0.668. The fourth-order valence-corrected chi connectivity index (χ4v) is 7.98. The highest BCUT2D eigenvalue weighted by atomic mass is 32.2. The van der Waals surface area contributed by atoms with Crippen LogP contribution in [0.2, 0.25) is 0 Å². The van der Waals surface area contributed by atoms with Crippen LogP contribution in [0, 0.1) is 0 Å². The van der Waals surface area contributed by atoms with Gasteiger partial charge in [-0.3, -0.25) is 9.11 Å². The van der Waals surface area contributed by atoms with E-state index in [9.17, 15) is 25.9 Å². The number of ether oxygens (including phenoxy) is 1. The van der Waals surface area contributed by atoms with E-state index in [0.29, 0.717) is 18.8 Å². The molecule has 0 amide bonds. The summed E-state index contributed by atoms with van der Waals surface area (Å²) in [6.45, 7) is 0.718. The highest BCUT2D eigenvalue weighted by Gasteiger charge is 2.29. The van der Waals surface area contributed by atoms with Gasteiger partial charge in [0.05, 0.1) is 41.5 Å². The maximum absolute atomic E-state index is 11.5. The maximum Gasteiger partial charge on any atom is 0.265 e. The smallest absolute Gasteiger partial charge is 0.265 e. The number of nitrogens with zero attached hydrogens (tertiary/aromatic N) is 2. The number of aromatic nitrogens is 1. The number of anilines is 1. The molecule has 4 aromatic rings. The molecule has 0 spiro atoms. The Morgan fingerprint density at radius 3 is 2.34 bits per heavy atom. The Morgan fingerprint density at radius 1 is 0.902 bits per heavy atom. The van der Waals surface area contributed by atoms with Crippen LogP contribution in [-0.4, -0.2) is 51.1 Å². The number of benzene rings is 3. The number of fused-ring (bicyclic) bond motifs is 2. The highest BCUT2D eigenvalue weighted by Crippen LogP contribution is 2.48. The summed E-state index contributed by atoms with van der Waals surface area (Å²) in [4.78, 5) is 3.08. The van der Waals surface area contributed by atoms with Crippen LogP contribution in [0.4, 0.5) is 5.69 Å². The van der Waals surface area contributed by atoms with Crippen LogP contribution in [0.1, 0.15) is 17.8 Å². The van der Waals surface area contributed by atoms with Gasteiger partial charge in [0, 0.05) is 17.9 Å². The first kappa shape index (κ1) is 29.5. The summed E-state index contributed by atoms with van der Waals surface area (Å²) >= 11 is 3.10. The molecule has 41 heavy (non-hydrogen) atoms. The normalized spacial score (nSPS) is 14.6. The zero-order valence-electron chi connectivity index (χ0n) is 22.1. The number of aryl methyl sites for hydroxylation is 1. The first-order valence-electron chi connectivity index (χ1n) is 12.8. The van der Waals surface area contributed by atoms with Crippen molar-refractivity contribution in [3.8, 4) is 16.9 Å². The van der Waals surface area contributed by atoms with E-state index in [-0.39, 0.29) is 24.3 Å². The molecule has 0 saturated heterocycles. The van der Waals surface area contributed by atoms with Gasteiger partial charge in [-0.1, -0.05) is 59.5 Å². The monoisotopic (exact) mass is 633 g/mol. The molecule has 9 nitrogen and oxygen atoms in total. The summed E-state index contributed by atoms with van der Waals surface area (Å²) in [5, 5.41) is 1.74. The van der Waals surface area contributed by atoms with E-state index in [0.717, 1.165) is 42.0 Å². The number of hydrogen-bond acceptors (Lipinski definition) is 8. The summed E-state index contributed by atoms with van der Waals surface area (Å²) in [5.41, 5.74) is 3.91. The van der Waals surface area contributed by atoms with E-state index in [1.165, 1.54) is 11.3 Å². The van der Waals surface area contributed by atoms with Gasteiger partial charge in [-0.15, -0.1) is 0 Å². The zero-order valence-corrected chi connectivity index (χ0v) is 25.4. The number of methoxy groups -OCH3 is 1. The van der Waals surface area contributed by atoms with Gasteiger partial charge in [0.2, 0.25) is 5.52 Å². The molecule has 1 aliphatic rings. The lowest BCUT2D eigenvalue weighted by atomic mass is 10.0. The second kappa shape index (κ2) is 12.1. The van der Waals surface area contributed by atoms with Crippen LogP contribution in [-0.2, 0) is 26.8 Å². The van der Waals surface area contributed by atoms with E-state index in [4.69, 9.17) is 4.74 Å². The largest absolute Gasteiger partial charge is 0.497 e. The molecule has 0 radical (unpaired) electrons. The van der Waals surface area contributed by atoms with Crippen LogP contribution >= 0.6 is 23.1 Å². The molecule has 0 unspecified atom stereocenters. The molecule has 0 atom stereocenters. The standard InChI is InChI=1S/C28H28N2O7S4/c1-37-22-10-12-26-24(18-22)30(14-6-16-41(34,35)36)28(39-26)19-27-29(13-5-15-40(31,32)33)23-17-21(9-11-25(23)38-27)20-7-3-2-4-8-20/h2-4,7-12,17-19H,5-6,13-16H2,1H3,(H-,31,32,33,34,35,36)/p+1. The average Bonchev–Trinajstić information content (AvgIpc) is 3.44. The predicted octanol–water partition coefficient (Wildman–Crippen LogP) is 5.33. The lowest BCUT2D eigenvalue weighted by Gasteiger charge is -2.20. The Labute approximate surface area is 247 Å². The number of hydrogen-bond donors (Lipinski definition) is 2. The molecule has 1 aromatic heterocycles. The summed E-state index contributed by atoms with van der Waals surface area (Å²) in [6.07, 6.45) is 2.46. The molecule has 2 N–H and O–H groups in total. The van der Waals surface area contributed by atoms with Crippen molar-refractivity contribution in [3.63, 3.8) is 0 Å². The van der Waals surface area contributed by atoms with Crippen molar-refractivity contribution in [2.45, 2.75) is 24.3 Å². The van der Waals surface area contributed by atoms with Gasteiger partial charge in [-0.2, -0.15) is 21.4 Å². The van der Waals surface area contributed by atoms with Crippen LogP contribution < -0.4 is 14.2 Å². The van der Waals surface area contributed by atoms with Crippen molar-refractivity contribution in [1.82, 2.24) is 0 Å². The minimum atomic E-state index is -4.11. The SMILES string of the molecule is COc1ccc2sc(C=C3Sc4ccc(-c5ccccc5)cc4N3CCCS(=O)(=O)O)[n+](CCCS(=O)(=O)O)c2c1. The van der Waals surface area contributed by atoms with Crippen LogP contribution in [0.15, 0.2) is 76.7 Å². The number of rotatable bonds is 11. The molecule has 216 valence electrons. The Bertz CT molecular complexity index is 1820. The van der Waals surface area contributed by atoms with Gasteiger partial charge in [-0.05, 0) is 41.8 Å². The molecule has 0 fully saturated rings. The average molecular weight is 634 g/mol. The maximum atomic E-state index is 11.5. The highest BCUT2D eigenvalue weighted by molar-refractivity contribution is 8.04. The van der Waals surface area contributed by atoms with Crippen molar-refractivity contribution >= 4 is 65.3 Å². The molecular weight excluding hydrogens is 605 g/mol. The van der Waals surface area contributed by atoms with Crippen LogP contribution in [0.25, 0.3) is 27.4 Å². The van der Waals surface area contributed by atoms with Crippen LogP contribution in [0.5, 0.6) is 5.75 Å². The van der Waals surface area contributed by atoms with Crippen LogP contribution in [0.3, 0.4) is 0 Å². The van der Waals surface area contributed by atoms with Crippen molar-refractivity contribution < 1.29 is 35.2 Å². The minimum Gasteiger partial charge on any atom is -0.497 e.